The quantitative estimate of drug-likeness (QED) is 0.739. The second-order valence-corrected chi connectivity index (χ2v) is 6.93. The van der Waals surface area contributed by atoms with Crippen LogP contribution in [0, 0.1) is 0 Å². The van der Waals surface area contributed by atoms with E-state index >= 15 is 0 Å². The number of rotatable bonds is 7. The number of ether oxygens (including phenoxy) is 3. The van der Waals surface area contributed by atoms with Gasteiger partial charge in [0, 0.05) is 24.1 Å². The fourth-order valence-corrected chi connectivity index (χ4v) is 3.59. The number of methoxy groups -OCH3 is 3. The Morgan fingerprint density at radius 2 is 1.92 bits per heavy atom. The van der Waals surface area contributed by atoms with Gasteiger partial charge in [-0.1, -0.05) is 25.1 Å². The van der Waals surface area contributed by atoms with Gasteiger partial charge in [-0.15, -0.1) is 0 Å². The summed E-state index contributed by atoms with van der Waals surface area (Å²) in [5.74, 6) is 3.31. The molecule has 1 aliphatic heterocycles. The Morgan fingerprint density at radius 1 is 1.15 bits per heavy atom. The Kier molecular flexibility index (Phi) is 5.71. The summed E-state index contributed by atoms with van der Waals surface area (Å²) in [7, 11) is 4.92. The third-order valence-electron chi connectivity index (χ3n) is 4.98. The van der Waals surface area contributed by atoms with Gasteiger partial charge in [-0.25, -0.2) is 0 Å². The lowest BCUT2D eigenvalue weighted by Gasteiger charge is -2.24. The van der Waals surface area contributed by atoms with Gasteiger partial charge >= 0.3 is 0 Å². The number of likely N-dealkylation sites (tertiary alicyclic amines) is 1. The van der Waals surface area contributed by atoms with E-state index < -0.39 is 0 Å². The lowest BCUT2D eigenvalue weighted by atomic mass is 10.1. The first-order valence-corrected chi connectivity index (χ1v) is 9.07. The van der Waals surface area contributed by atoms with E-state index in [9.17, 15) is 0 Å². The molecule has 3 rings (SSSR count). The van der Waals surface area contributed by atoms with Gasteiger partial charge in [0.1, 0.15) is 11.5 Å². The predicted octanol–water partition coefficient (Wildman–Crippen LogP) is 4.16. The lowest BCUT2D eigenvalue weighted by molar-refractivity contribution is 0.231. The van der Waals surface area contributed by atoms with E-state index in [2.05, 4.69) is 30.0 Å². The smallest absolute Gasteiger partial charge is 0.203 e. The molecule has 6 heteroatoms. The highest BCUT2D eigenvalue weighted by Gasteiger charge is 2.30. The topological polar surface area (TPSA) is 57.0 Å². The summed E-state index contributed by atoms with van der Waals surface area (Å²) in [6.07, 6.45) is 2.23. The maximum atomic E-state index is 5.63. The van der Waals surface area contributed by atoms with Crippen molar-refractivity contribution in [2.45, 2.75) is 45.2 Å². The molecule has 1 aliphatic rings. The second kappa shape index (κ2) is 7.99. The molecule has 6 nitrogen and oxygen atoms in total. The minimum Gasteiger partial charge on any atom is -0.493 e. The molecule has 2 heterocycles. The largest absolute Gasteiger partial charge is 0.493 e. The van der Waals surface area contributed by atoms with Crippen molar-refractivity contribution < 1.29 is 18.7 Å². The van der Waals surface area contributed by atoms with Crippen molar-refractivity contribution in [2.24, 2.45) is 0 Å². The average Bonchev–Trinajstić information content (AvgIpc) is 3.30. The first-order chi connectivity index (χ1) is 12.6. The van der Waals surface area contributed by atoms with E-state index in [-0.39, 0.29) is 6.04 Å². The number of benzene rings is 1. The maximum absolute atomic E-state index is 5.63. The molecule has 0 saturated carbocycles. The fourth-order valence-electron chi connectivity index (χ4n) is 3.59. The molecule has 0 spiro atoms. The minimum absolute atomic E-state index is 0.268. The van der Waals surface area contributed by atoms with Gasteiger partial charge in [-0.2, -0.15) is 0 Å². The summed E-state index contributed by atoms with van der Waals surface area (Å²) >= 11 is 0. The number of hydrogen-bond donors (Lipinski definition) is 0. The molecule has 1 atom stereocenters. The Bertz CT molecular complexity index is 741. The molecule has 142 valence electrons. The lowest BCUT2D eigenvalue weighted by Crippen LogP contribution is -2.23. The van der Waals surface area contributed by atoms with Gasteiger partial charge in [-0.3, -0.25) is 4.90 Å². The van der Waals surface area contributed by atoms with Gasteiger partial charge in [-0.05, 0) is 25.5 Å². The average molecular weight is 360 g/mol. The highest BCUT2D eigenvalue weighted by molar-refractivity contribution is 5.55. The summed E-state index contributed by atoms with van der Waals surface area (Å²) in [6, 6.07) is 6.33. The summed E-state index contributed by atoms with van der Waals surface area (Å²) in [4.78, 5) is 2.42. The van der Waals surface area contributed by atoms with Crippen molar-refractivity contribution in [2.75, 3.05) is 27.9 Å². The molecular formula is C20H28N2O4. The van der Waals surface area contributed by atoms with Crippen molar-refractivity contribution in [1.29, 1.82) is 0 Å². The Labute approximate surface area is 155 Å². The number of hydrogen-bond acceptors (Lipinski definition) is 6. The zero-order valence-corrected chi connectivity index (χ0v) is 16.2. The highest BCUT2D eigenvalue weighted by atomic mass is 16.5. The maximum Gasteiger partial charge on any atom is 0.203 e. The summed E-state index contributed by atoms with van der Waals surface area (Å²) in [5, 5.41) is 4.32. The van der Waals surface area contributed by atoms with Gasteiger partial charge < -0.3 is 18.7 Å². The van der Waals surface area contributed by atoms with E-state index in [1.807, 2.05) is 12.1 Å². The zero-order chi connectivity index (χ0) is 18.7. The standard InChI is InChI=1S/C20H28N2O4/c1-13(2)18-11-15(21-26-18)16-7-6-10-22(16)12-14-8-9-17(23-3)20(25-5)19(14)24-4/h8-9,11,13,16H,6-7,10,12H2,1-5H3/t16-/m1/s1. The molecule has 0 N–H and O–H groups in total. The van der Waals surface area contributed by atoms with Crippen LogP contribution in [0.2, 0.25) is 0 Å². The molecule has 1 aromatic carbocycles. The van der Waals surface area contributed by atoms with E-state index in [1.54, 1.807) is 21.3 Å². The van der Waals surface area contributed by atoms with Gasteiger partial charge in [0.05, 0.1) is 27.4 Å². The monoisotopic (exact) mass is 360 g/mol. The van der Waals surface area contributed by atoms with Crippen molar-refractivity contribution >= 4 is 0 Å². The fraction of sp³-hybridized carbons (Fsp3) is 0.550. The van der Waals surface area contributed by atoms with E-state index in [4.69, 9.17) is 18.7 Å². The first-order valence-electron chi connectivity index (χ1n) is 9.07. The van der Waals surface area contributed by atoms with Crippen molar-refractivity contribution in [3.8, 4) is 17.2 Å². The molecule has 26 heavy (non-hydrogen) atoms. The van der Waals surface area contributed by atoms with Crippen LogP contribution in [0.4, 0.5) is 0 Å². The molecule has 2 aromatic rings. The van der Waals surface area contributed by atoms with Crippen LogP contribution >= 0.6 is 0 Å². The molecule has 0 aliphatic carbocycles. The summed E-state index contributed by atoms with van der Waals surface area (Å²) in [6.45, 7) is 6.01. The Morgan fingerprint density at radius 3 is 2.54 bits per heavy atom. The van der Waals surface area contributed by atoms with Gasteiger partial charge in [0.15, 0.2) is 11.5 Å². The van der Waals surface area contributed by atoms with Gasteiger partial charge in [0.2, 0.25) is 5.75 Å². The zero-order valence-electron chi connectivity index (χ0n) is 16.2. The van der Waals surface area contributed by atoms with E-state index in [1.165, 1.54) is 0 Å². The Hall–Kier alpha value is -2.21. The van der Waals surface area contributed by atoms with Crippen LogP contribution < -0.4 is 14.2 Å². The van der Waals surface area contributed by atoms with Crippen LogP contribution in [0.1, 0.15) is 55.7 Å². The van der Waals surface area contributed by atoms with Crippen molar-refractivity contribution in [1.82, 2.24) is 10.1 Å². The van der Waals surface area contributed by atoms with Crippen molar-refractivity contribution in [3.63, 3.8) is 0 Å². The minimum atomic E-state index is 0.268. The molecule has 0 unspecified atom stereocenters. The molecule has 0 radical (unpaired) electrons. The van der Waals surface area contributed by atoms with E-state index in [0.717, 1.165) is 48.7 Å². The normalized spacial score (nSPS) is 17.7. The number of aromatic nitrogens is 1. The summed E-state index contributed by atoms with van der Waals surface area (Å²) < 4.78 is 22.0. The molecule has 1 fully saturated rings. The SMILES string of the molecule is COc1ccc(CN2CCC[C@@H]2c2cc(C(C)C)on2)c(OC)c1OC. The Balaban J connectivity index is 1.85. The third kappa shape index (κ3) is 3.51. The van der Waals surface area contributed by atoms with E-state index in [0.29, 0.717) is 17.4 Å². The van der Waals surface area contributed by atoms with Crippen LogP contribution in [-0.2, 0) is 6.54 Å². The summed E-state index contributed by atoms with van der Waals surface area (Å²) in [5.41, 5.74) is 2.09. The number of nitrogens with zero attached hydrogens (tertiary/aromatic N) is 2. The predicted molar refractivity (Wildman–Crippen MR) is 99.1 cm³/mol. The van der Waals surface area contributed by atoms with Gasteiger partial charge in [0.25, 0.3) is 0 Å². The van der Waals surface area contributed by atoms with Crippen molar-refractivity contribution in [3.05, 3.63) is 35.2 Å². The third-order valence-corrected chi connectivity index (χ3v) is 4.98. The van der Waals surface area contributed by atoms with Crippen LogP contribution in [-0.4, -0.2) is 37.9 Å². The first kappa shape index (κ1) is 18.6. The second-order valence-electron chi connectivity index (χ2n) is 6.93. The molecular weight excluding hydrogens is 332 g/mol. The van der Waals surface area contributed by atoms with Crippen LogP contribution in [0.15, 0.2) is 22.7 Å². The molecule has 0 amide bonds. The molecule has 0 bridgehead atoms. The molecule has 1 saturated heterocycles. The molecule has 1 aromatic heterocycles. The van der Waals surface area contributed by atoms with Crippen LogP contribution in [0.3, 0.4) is 0 Å². The highest BCUT2D eigenvalue weighted by Crippen LogP contribution is 2.42. The van der Waals surface area contributed by atoms with Crippen LogP contribution in [0.5, 0.6) is 17.2 Å². The van der Waals surface area contributed by atoms with Crippen LogP contribution in [0.25, 0.3) is 0 Å².